The van der Waals surface area contributed by atoms with Crippen LogP contribution < -0.4 is 4.90 Å². The van der Waals surface area contributed by atoms with Gasteiger partial charge in [-0.05, 0) is 37.3 Å². The van der Waals surface area contributed by atoms with Gasteiger partial charge in [-0.15, -0.1) is 11.3 Å². The van der Waals surface area contributed by atoms with Crippen molar-refractivity contribution in [3.05, 3.63) is 53.1 Å². The fourth-order valence-electron chi connectivity index (χ4n) is 3.54. The number of rotatable bonds is 4. The third-order valence-corrected chi connectivity index (χ3v) is 5.90. The second-order valence-corrected chi connectivity index (χ2v) is 8.43. The molecule has 150 valence electrons. The standard InChI is InChI=1S/C21H24N6OS/c1-14-10-17(18-7-5-9-29-18)25-19(24-14)15-6-4-8-27(13-15)20(28)16-11-22-21(23-12-16)26(2)3/h5,7,9-12,15H,4,6,8,13H2,1-3H3. The van der Waals surface area contributed by atoms with Gasteiger partial charge in [0.25, 0.3) is 5.91 Å². The average molecular weight is 409 g/mol. The van der Waals surface area contributed by atoms with Gasteiger partial charge >= 0.3 is 0 Å². The number of amides is 1. The summed E-state index contributed by atoms with van der Waals surface area (Å²) >= 11 is 1.67. The van der Waals surface area contributed by atoms with Gasteiger partial charge < -0.3 is 9.80 Å². The van der Waals surface area contributed by atoms with Gasteiger partial charge in [0.05, 0.1) is 16.1 Å². The first kappa shape index (κ1) is 19.4. The van der Waals surface area contributed by atoms with Crippen LogP contribution in [0, 0.1) is 6.92 Å². The summed E-state index contributed by atoms with van der Waals surface area (Å²) in [6.45, 7) is 3.34. The highest BCUT2D eigenvalue weighted by Crippen LogP contribution is 2.29. The van der Waals surface area contributed by atoms with E-state index in [-0.39, 0.29) is 11.8 Å². The summed E-state index contributed by atoms with van der Waals surface area (Å²) in [6.07, 6.45) is 5.12. The molecule has 0 radical (unpaired) electrons. The molecule has 0 bridgehead atoms. The van der Waals surface area contributed by atoms with Crippen molar-refractivity contribution < 1.29 is 4.79 Å². The van der Waals surface area contributed by atoms with Crippen LogP contribution in [-0.4, -0.2) is 57.9 Å². The van der Waals surface area contributed by atoms with Crippen LogP contribution in [0.1, 0.15) is 40.6 Å². The predicted molar refractivity (Wildman–Crippen MR) is 114 cm³/mol. The van der Waals surface area contributed by atoms with Crippen molar-refractivity contribution >= 4 is 23.2 Å². The van der Waals surface area contributed by atoms with Gasteiger partial charge in [-0.1, -0.05) is 6.07 Å². The number of hydrogen-bond donors (Lipinski definition) is 0. The topological polar surface area (TPSA) is 75.1 Å². The predicted octanol–water partition coefficient (Wildman–Crippen LogP) is 3.39. The van der Waals surface area contributed by atoms with Crippen LogP contribution in [0.3, 0.4) is 0 Å². The van der Waals surface area contributed by atoms with E-state index in [4.69, 9.17) is 9.97 Å². The second-order valence-electron chi connectivity index (χ2n) is 7.49. The zero-order chi connectivity index (χ0) is 20.4. The molecule has 1 aliphatic rings. The lowest BCUT2D eigenvalue weighted by Gasteiger charge is -2.32. The van der Waals surface area contributed by atoms with E-state index in [0.29, 0.717) is 18.1 Å². The van der Waals surface area contributed by atoms with Crippen LogP contribution in [-0.2, 0) is 0 Å². The number of hydrogen-bond acceptors (Lipinski definition) is 7. The summed E-state index contributed by atoms with van der Waals surface area (Å²) in [4.78, 5) is 35.8. The Hall–Kier alpha value is -2.87. The van der Waals surface area contributed by atoms with E-state index >= 15 is 0 Å². The monoisotopic (exact) mass is 408 g/mol. The van der Waals surface area contributed by atoms with Crippen molar-refractivity contribution in [1.29, 1.82) is 0 Å². The molecular weight excluding hydrogens is 384 g/mol. The van der Waals surface area contributed by atoms with Crippen molar-refractivity contribution in [2.75, 3.05) is 32.1 Å². The van der Waals surface area contributed by atoms with Crippen molar-refractivity contribution in [2.45, 2.75) is 25.7 Å². The van der Waals surface area contributed by atoms with E-state index in [0.717, 1.165) is 41.5 Å². The summed E-state index contributed by atoms with van der Waals surface area (Å²) in [5.74, 6) is 1.51. The Morgan fingerprint density at radius 3 is 2.72 bits per heavy atom. The third-order valence-electron chi connectivity index (χ3n) is 5.00. The molecule has 0 saturated carbocycles. The molecule has 1 saturated heterocycles. The van der Waals surface area contributed by atoms with Gasteiger partial charge in [0.2, 0.25) is 5.95 Å². The van der Waals surface area contributed by atoms with Crippen LogP contribution in [0.4, 0.5) is 5.95 Å². The number of nitrogens with zero attached hydrogens (tertiary/aromatic N) is 6. The number of likely N-dealkylation sites (tertiary alicyclic amines) is 1. The molecule has 29 heavy (non-hydrogen) atoms. The quantitative estimate of drug-likeness (QED) is 0.659. The zero-order valence-corrected chi connectivity index (χ0v) is 17.7. The molecule has 1 amide bonds. The van der Waals surface area contributed by atoms with Gasteiger partial charge in [-0.25, -0.2) is 19.9 Å². The van der Waals surface area contributed by atoms with Gasteiger partial charge in [0, 0.05) is 51.2 Å². The summed E-state index contributed by atoms with van der Waals surface area (Å²) in [5, 5.41) is 2.05. The molecule has 0 aliphatic carbocycles. The number of anilines is 1. The minimum Gasteiger partial charge on any atom is -0.347 e. The van der Waals surface area contributed by atoms with Crippen molar-refractivity contribution in [3.8, 4) is 10.6 Å². The number of aryl methyl sites for hydroxylation is 1. The largest absolute Gasteiger partial charge is 0.347 e. The SMILES string of the molecule is Cc1cc(-c2cccs2)nc(C2CCCN(C(=O)c3cnc(N(C)C)nc3)C2)n1. The molecule has 1 unspecified atom stereocenters. The molecule has 1 fully saturated rings. The van der Waals surface area contributed by atoms with Crippen LogP contribution in [0.5, 0.6) is 0 Å². The molecule has 1 atom stereocenters. The van der Waals surface area contributed by atoms with Crippen molar-refractivity contribution in [1.82, 2.24) is 24.8 Å². The molecule has 1 aliphatic heterocycles. The van der Waals surface area contributed by atoms with Crippen LogP contribution in [0.2, 0.25) is 0 Å². The Kier molecular flexibility index (Phi) is 5.53. The summed E-state index contributed by atoms with van der Waals surface area (Å²) in [6, 6.07) is 6.12. The lowest BCUT2D eigenvalue weighted by atomic mass is 9.96. The highest BCUT2D eigenvalue weighted by atomic mass is 32.1. The first-order valence-electron chi connectivity index (χ1n) is 9.69. The molecule has 0 spiro atoms. The molecule has 4 rings (SSSR count). The molecule has 7 nitrogen and oxygen atoms in total. The van der Waals surface area contributed by atoms with E-state index in [1.807, 2.05) is 43.0 Å². The number of piperidine rings is 1. The minimum absolute atomic E-state index is 0.0360. The molecule has 3 aromatic rings. The van der Waals surface area contributed by atoms with Crippen molar-refractivity contribution in [3.63, 3.8) is 0 Å². The maximum Gasteiger partial charge on any atom is 0.257 e. The molecule has 4 heterocycles. The van der Waals surface area contributed by atoms with Crippen LogP contribution >= 0.6 is 11.3 Å². The summed E-state index contributed by atoms with van der Waals surface area (Å²) in [5.41, 5.74) is 2.42. The van der Waals surface area contributed by atoms with E-state index in [2.05, 4.69) is 21.4 Å². The lowest BCUT2D eigenvalue weighted by molar-refractivity contribution is 0.0703. The number of carbonyl (C=O) groups excluding carboxylic acids is 1. The maximum atomic E-state index is 13.0. The van der Waals surface area contributed by atoms with Crippen LogP contribution in [0.15, 0.2) is 36.0 Å². The summed E-state index contributed by atoms with van der Waals surface area (Å²) in [7, 11) is 3.75. The normalized spacial score (nSPS) is 16.7. The number of aromatic nitrogens is 4. The Labute approximate surface area is 174 Å². The molecule has 0 aromatic carbocycles. The molecule has 8 heteroatoms. The Balaban J connectivity index is 1.53. The van der Waals surface area contributed by atoms with Crippen LogP contribution in [0.25, 0.3) is 10.6 Å². The second kappa shape index (κ2) is 8.24. The number of thiophene rings is 1. The van der Waals surface area contributed by atoms with E-state index in [9.17, 15) is 4.79 Å². The number of carbonyl (C=O) groups is 1. The highest BCUT2D eigenvalue weighted by molar-refractivity contribution is 7.13. The minimum atomic E-state index is -0.0360. The van der Waals surface area contributed by atoms with Gasteiger partial charge in [0.15, 0.2) is 0 Å². The van der Waals surface area contributed by atoms with E-state index in [1.165, 1.54) is 0 Å². The first-order valence-corrected chi connectivity index (χ1v) is 10.6. The van der Waals surface area contributed by atoms with Gasteiger partial charge in [0.1, 0.15) is 5.82 Å². The lowest BCUT2D eigenvalue weighted by Crippen LogP contribution is -2.39. The average Bonchev–Trinajstić information content (AvgIpc) is 3.28. The fraction of sp³-hybridized carbons (Fsp3) is 0.381. The maximum absolute atomic E-state index is 13.0. The van der Waals surface area contributed by atoms with Gasteiger partial charge in [-0.3, -0.25) is 4.79 Å². The van der Waals surface area contributed by atoms with Crippen molar-refractivity contribution in [2.24, 2.45) is 0 Å². The third kappa shape index (κ3) is 4.27. The smallest absolute Gasteiger partial charge is 0.257 e. The molecule has 3 aromatic heterocycles. The Morgan fingerprint density at radius 2 is 2.03 bits per heavy atom. The van der Waals surface area contributed by atoms with E-state index in [1.54, 1.807) is 23.7 Å². The Morgan fingerprint density at radius 1 is 1.24 bits per heavy atom. The first-order chi connectivity index (χ1) is 14.0. The molecule has 0 N–H and O–H groups in total. The highest BCUT2D eigenvalue weighted by Gasteiger charge is 2.28. The summed E-state index contributed by atoms with van der Waals surface area (Å²) < 4.78 is 0. The Bertz CT molecular complexity index is 987. The van der Waals surface area contributed by atoms with E-state index < -0.39 is 0 Å². The fourth-order valence-corrected chi connectivity index (χ4v) is 4.23. The molecular formula is C21H24N6OS. The zero-order valence-electron chi connectivity index (χ0n) is 16.9. The van der Waals surface area contributed by atoms with Gasteiger partial charge in [-0.2, -0.15) is 0 Å².